The van der Waals surface area contributed by atoms with E-state index in [0.717, 1.165) is 16.7 Å². The Morgan fingerprint density at radius 1 is 0.952 bits per heavy atom. The second-order valence-corrected chi connectivity index (χ2v) is 9.67. The van der Waals surface area contributed by atoms with Gasteiger partial charge in [0.05, 0.1) is 18.7 Å². The summed E-state index contributed by atoms with van der Waals surface area (Å²) in [7, 11) is 1.76. The average Bonchev–Trinajstić information content (AvgIpc) is 3.40. The first-order chi connectivity index (χ1) is 20.3. The predicted molar refractivity (Wildman–Crippen MR) is 161 cm³/mol. The zero-order chi connectivity index (χ0) is 29.6. The number of hydrogen-bond acceptors (Lipinski definition) is 6. The van der Waals surface area contributed by atoms with Crippen LogP contribution in [-0.2, 0) is 11.2 Å². The van der Waals surface area contributed by atoms with Crippen molar-refractivity contribution in [3.8, 4) is 16.9 Å². The molecule has 2 N–H and O–H groups in total. The van der Waals surface area contributed by atoms with Gasteiger partial charge < -0.3 is 20.3 Å². The maximum absolute atomic E-state index is 13.1. The van der Waals surface area contributed by atoms with E-state index in [4.69, 9.17) is 4.74 Å². The number of pyridine rings is 1. The van der Waals surface area contributed by atoms with Crippen LogP contribution < -0.4 is 15.4 Å². The molecule has 0 fully saturated rings. The molecule has 5 rings (SSSR count). The van der Waals surface area contributed by atoms with E-state index < -0.39 is 0 Å². The number of hydrogen-bond donors (Lipinski definition) is 2. The van der Waals surface area contributed by atoms with Crippen LogP contribution >= 0.6 is 0 Å². The van der Waals surface area contributed by atoms with Gasteiger partial charge in [0, 0.05) is 36.6 Å². The zero-order valence-corrected chi connectivity index (χ0v) is 23.6. The van der Waals surface area contributed by atoms with Gasteiger partial charge in [0.1, 0.15) is 11.6 Å². The lowest BCUT2D eigenvalue weighted by Gasteiger charge is -2.16. The van der Waals surface area contributed by atoms with E-state index in [9.17, 15) is 14.0 Å². The highest BCUT2D eigenvalue weighted by Gasteiger charge is 2.15. The molecule has 3 aromatic carbocycles. The lowest BCUT2D eigenvalue weighted by Crippen LogP contribution is -2.26. The third-order valence-electron chi connectivity index (χ3n) is 6.71. The minimum atomic E-state index is -0.332. The smallest absolute Gasteiger partial charge is 0.253 e. The van der Waals surface area contributed by atoms with E-state index in [2.05, 4.69) is 20.7 Å². The van der Waals surface area contributed by atoms with Crippen LogP contribution in [0.2, 0.25) is 0 Å². The topological polar surface area (TPSA) is 101 Å². The Kier molecular flexibility index (Phi) is 8.42. The molecule has 0 aliphatic rings. The molecule has 2 amide bonds. The van der Waals surface area contributed by atoms with Gasteiger partial charge in [0.25, 0.3) is 5.91 Å². The normalized spacial score (nSPS) is 10.9. The fourth-order valence-corrected chi connectivity index (χ4v) is 4.36. The molecule has 0 aliphatic carbocycles. The lowest BCUT2D eigenvalue weighted by atomic mass is 10.1. The van der Waals surface area contributed by atoms with Crippen molar-refractivity contribution in [2.45, 2.75) is 20.3 Å². The van der Waals surface area contributed by atoms with Gasteiger partial charge in [0.2, 0.25) is 11.9 Å². The molecule has 10 heteroatoms. The molecule has 2 heterocycles. The van der Waals surface area contributed by atoms with E-state index in [1.54, 1.807) is 46.8 Å². The van der Waals surface area contributed by atoms with Crippen molar-refractivity contribution in [2.75, 3.05) is 30.8 Å². The van der Waals surface area contributed by atoms with E-state index in [1.807, 2.05) is 56.4 Å². The Morgan fingerprint density at radius 3 is 2.40 bits per heavy atom. The van der Waals surface area contributed by atoms with Gasteiger partial charge in [-0.1, -0.05) is 24.3 Å². The van der Waals surface area contributed by atoms with E-state index in [-0.39, 0.29) is 24.1 Å². The SMILES string of the molecule is CCOc1cc(C(=O)N(C)CC)ccc1Nc1nc2ccc(-c3ccc(NC(=O)Cc4ccc(F)cc4)cc3)cn2n1. The number of rotatable bonds is 10. The highest BCUT2D eigenvalue weighted by atomic mass is 19.1. The monoisotopic (exact) mass is 566 g/mol. The predicted octanol–water partition coefficient (Wildman–Crippen LogP) is 5.95. The van der Waals surface area contributed by atoms with Crippen LogP contribution in [0.4, 0.5) is 21.7 Å². The molecule has 0 saturated carbocycles. The summed E-state index contributed by atoms with van der Waals surface area (Å²) in [5.41, 5.74) is 5.11. The molecular weight excluding hydrogens is 535 g/mol. The van der Waals surface area contributed by atoms with Crippen molar-refractivity contribution in [1.29, 1.82) is 0 Å². The second-order valence-electron chi connectivity index (χ2n) is 9.67. The van der Waals surface area contributed by atoms with Crippen LogP contribution in [0.5, 0.6) is 5.75 Å². The summed E-state index contributed by atoms with van der Waals surface area (Å²) in [4.78, 5) is 31.2. The molecule has 0 radical (unpaired) electrons. The van der Waals surface area contributed by atoms with Crippen molar-refractivity contribution in [2.24, 2.45) is 0 Å². The third kappa shape index (κ3) is 6.55. The number of fused-ring (bicyclic) bond motifs is 1. The summed E-state index contributed by atoms with van der Waals surface area (Å²) in [6, 6.07) is 22.5. The van der Waals surface area contributed by atoms with Crippen LogP contribution in [0.3, 0.4) is 0 Å². The van der Waals surface area contributed by atoms with E-state index in [1.165, 1.54) is 12.1 Å². The van der Waals surface area contributed by atoms with Gasteiger partial charge in [-0.05, 0) is 79.6 Å². The quantitative estimate of drug-likeness (QED) is 0.217. The maximum Gasteiger partial charge on any atom is 0.253 e. The molecule has 0 saturated heterocycles. The number of nitrogens with zero attached hydrogens (tertiary/aromatic N) is 4. The average molecular weight is 567 g/mol. The number of halogens is 1. The fourth-order valence-electron chi connectivity index (χ4n) is 4.36. The summed E-state index contributed by atoms with van der Waals surface area (Å²) in [5, 5.41) is 10.7. The van der Waals surface area contributed by atoms with Gasteiger partial charge in [-0.25, -0.2) is 8.91 Å². The highest BCUT2D eigenvalue weighted by molar-refractivity contribution is 5.95. The molecule has 214 valence electrons. The third-order valence-corrected chi connectivity index (χ3v) is 6.71. The number of aromatic nitrogens is 3. The number of carbonyl (C=O) groups is 2. The first kappa shape index (κ1) is 28.3. The number of carbonyl (C=O) groups excluding carboxylic acids is 2. The summed E-state index contributed by atoms with van der Waals surface area (Å²) in [6.45, 7) is 4.85. The largest absolute Gasteiger partial charge is 0.492 e. The molecule has 0 spiro atoms. The Bertz CT molecular complexity index is 1720. The Balaban J connectivity index is 1.29. The Labute approximate surface area is 243 Å². The van der Waals surface area contributed by atoms with E-state index >= 15 is 0 Å². The van der Waals surface area contributed by atoms with Crippen molar-refractivity contribution < 1.29 is 18.7 Å². The molecular formula is C32H31FN6O3. The van der Waals surface area contributed by atoms with Crippen molar-refractivity contribution in [1.82, 2.24) is 19.5 Å². The number of ether oxygens (including phenoxy) is 1. The van der Waals surface area contributed by atoms with Crippen LogP contribution in [0.25, 0.3) is 16.8 Å². The van der Waals surface area contributed by atoms with Gasteiger partial charge in [-0.2, -0.15) is 4.98 Å². The summed E-state index contributed by atoms with van der Waals surface area (Å²) in [5.74, 6) is 0.333. The fraction of sp³-hybridized carbons (Fsp3) is 0.188. The van der Waals surface area contributed by atoms with Crippen LogP contribution in [0.1, 0.15) is 29.8 Å². The molecule has 0 atom stereocenters. The van der Waals surface area contributed by atoms with Crippen molar-refractivity contribution in [3.05, 3.63) is 102 Å². The highest BCUT2D eigenvalue weighted by Crippen LogP contribution is 2.29. The molecule has 0 unspecified atom stereocenters. The minimum absolute atomic E-state index is 0.0798. The Hall–Kier alpha value is -5.25. The molecule has 0 bridgehead atoms. The number of amides is 2. The van der Waals surface area contributed by atoms with Crippen LogP contribution in [0, 0.1) is 5.82 Å². The summed E-state index contributed by atoms with van der Waals surface area (Å²) in [6.07, 6.45) is 2.04. The first-order valence-electron chi connectivity index (χ1n) is 13.6. The van der Waals surface area contributed by atoms with Crippen molar-refractivity contribution in [3.63, 3.8) is 0 Å². The molecule has 9 nitrogen and oxygen atoms in total. The van der Waals surface area contributed by atoms with Crippen molar-refractivity contribution >= 4 is 34.8 Å². The molecule has 0 aliphatic heterocycles. The minimum Gasteiger partial charge on any atom is -0.492 e. The zero-order valence-electron chi connectivity index (χ0n) is 23.6. The van der Waals surface area contributed by atoms with Crippen LogP contribution in [0.15, 0.2) is 85.1 Å². The summed E-state index contributed by atoms with van der Waals surface area (Å²) < 4.78 is 20.6. The maximum atomic E-state index is 13.1. The standard InChI is InChI=1S/C32H31FN6O3/c1-4-38(3)31(41)23-10-16-27(28(19-23)42-5-2)35-32-36-29-17-11-24(20-39(29)37-32)22-8-14-26(15-9-22)34-30(40)18-21-6-12-25(33)13-7-21/h6-17,19-20H,4-5,18H2,1-3H3,(H,34,40)(H,35,37). The Morgan fingerprint density at radius 2 is 1.69 bits per heavy atom. The van der Waals surface area contributed by atoms with Gasteiger partial charge >= 0.3 is 0 Å². The second kappa shape index (κ2) is 12.5. The molecule has 42 heavy (non-hydrogen) atoms. The van der Waals surface area contributed by atoms with Gasteiger partial charge in [-0.3, -0.25) is 9.59 Å². The summed E-state index contributed by atoms with van der Waals surface area (Å²) >= 11 is 0. The number of nitrogens with one attached hydrogen (secondary N) is 2. The first-order valence-corrected chi connectivity index (χ1v) is 13.6. The molecule has 5 aromatic rings. The van der Waals surface area contributed by atoms with Crippen LogP contribution in [-0.4, -0.2) is 51.5 Å². The number of benzene rings is 3. The molecule has 2 aromatic heterocycles. The lowest BCUT2D eigenvalue weighted by molar-refractivity contribution is -0.115. The van der Waals surface area contributed by atoms with Gasteiger partial charge in [0.15, 0.2) is 5.65 Å². The van der Waals surface area contributed by atoms with E-state index in [0.29, 0.717) is 47.4 Å². The van der Waals surface area contributed by atoms with Gasteiger partial charge in [-0.15, -0.1) is 5.10 Å². The number of anilines is 3.